The van der Waals surface area contributed by atoms with Gasteiger partial charge in [0, 0.05) is 6.04 Å². The number of thiocarbonyl (C=S) groups is 1. The number of nitrogen functional groups attached to an aromatic ring is 1. The summed E-state index contributed by atoms with van der Waals surface area (Å²) in [6.45, 7) is 3.68. The van der Waals surface area contributed by atoms with Crippen LogP contribution in [-0.2, 0) is 10.0 Å². The van der Waals surface area contributed by atoms with E-state index in [0.717, 1.165) is 0 Å². The molecule has 0 saturated carbocycles. The van der Waals surface area contributed by atoms with E-state index in [4.69, 9.17) is 29.6 Å². The van der Waals surface area contributed by atoms with Gasteiger partial charge in [-0.3, -0.25) is 4.72 Å². The maximum absolute atomic E-state index is 12.1. The molecule has 0 atom stereocenters. The molecule has 0 aliphatic heterocycles. The van der Waals surface area contributed by atoms with Gasteiger partial charge in [-0.05, 0) is 38.2 Å². The van der Waals surface area contributed by atoms with Gasteiger partial charge in [0.2, 0.25) is 0 Å². The molecule has 0 spiro atoms. The molecule has 0 heterocycles. The average Bonchev–Trinajstić information content (AvgIpc) is 2.13. The second-order valence-electron chi connectivity index (χ2n) is 3.89. The van der Waals surface area contributed by atoms with E-state index in [1.165, 1.54) is 12.1 Å². The molecule has 0 amide bonds. The van der Waals surface area contributed by atoms with Crippen molar-refractivity contribution in [1.29, 1.82) is 0 Å². The molecule has 0 saturated heterocycles. The lowest BCUT2D eigenvalue weighted by Crippen LogP contribution is -2.42. The fourth-order valence-corrected chi connectivity index (χ4v) is 3.43. The van der Waals surface area contributed by atoms with E-state index in [0.29, 0.717) is 0 Å². The lowest BCUT2D eigenvalue weighted by molar-refractivity contribution is 0.591. The lowest BCUT2D eigenvalue weighted by Gasteiger charge is -2.15. The minimum atomic E-state index is -3.88. The van der Waals surface area contributed by atoms with Crippen LogP contribution in [0.3, 0.4) is 0 Å². The highest BCUT2D eigenvalue weighted by Gasteiger charge is 2.22. The molecule has 4 N–H and O–H groups in total. The summed E-state index contributed by atoms with van der Waals surface area (Å²) in [5.74, 6) is 0. The van der Waals surface area contributed by atoms with Crippen LogP contribution in [0.2, 0.25) is 5.02 Å². The standard InChI is InChI=1S/C10H14ClN3O2S2/c1-6(2)13-10(17)14-18(15,16)9-7(11)4-3-5-8(9)12/h3-6H,12H2,1-2H3,(H2,13,14,17). The van der Waals surface area contributed by atoms with Gasteiger partial charge in [0.25, 0.3) is 10.0 Å². The molecular weight excluding hydrogens is 294 g/mol. The monoisotopic (exact) mass is 307 g/mol. The molecule has 1 aromatic carbocycles. The van der Waals surface area contributed by atoms with Gasteiger partial charge in [-0.1, -0.05) is 17.7 Å². The summed E-state index contributed by atoms with van der Waals surface area (Å²) in [7, 11) is -3.88. The molecule has 0 bridgehead atoms. The van der Waals surface area contributed by atoms with Crippen LogP contribution >= 0.6 is 23.8 Å². The first-order chi connectivity index (χ1) is 8.24. The Bertz CT molecular complexity index is 538. The quantitative estimate of drug-likeness (QED) is 0.582. The number of hydrogen-bond donors (Lipinski definition) is 3. The first kappa shape index (κ1) is 15.0. The Morgan fingerprint density at radius 3 is 2.56 bits per heavy atom. The molecule has 100 valence electrons. The van der Waals surface area contributed by atoms with Gasteiger partial charge in [0.1, 0.15) is 4.90 Å². The zero-order valence-corrected chi connectivity index (χ0v) is 12.3. The van der Waals surface area contributed by atoms with Crippen molar-refractivity contribution in [3.63, 3.8) is 0 Å². The third-order valence-corrected chi connectivity index (χ3v) is 4.16. The third kappa shape index (κ3) is 3.72. The van der Waals surface area contributed by atoms with Gasteiger partial charge < -0.3 is 11.1 Å². The first-order valence-corrected chi connectivity index (χ1v) is 7.38. The van der Waals surface area contributed by atoms with E-state index in [1.54, 1.807) is 6.07 Å². The Labute approximate surface area is 117 Å². The highest BCUT2D eigenvalue weighted by atomic mass is 35.5. The van der Waals surface area contributed by atoms with Gasteiger partial charge in [0.15, 0.2) is 5.11 Å². The summed E-state index contributed by atoms with van der Waals surface area (Å²) in [4.78, 5) is -0.167. The van der Waals surface area contributed by atoms with Crippen molar-refractivity contribution >= 4 is 44.6 Å². The van der Waals surface area contributed by atoms with E-state index in [2.05, 4.69) is 10.0 Å². The van der Waals surface area contributed by atoms with E-state index >= 15 is 0 Å². The number of sulfonamides is 1. The van der Waals surface area contributed by atoms with E-state index < -0.39 is 10.0 Å². The highest BCUT2D eigenvalue weighted by Crippen LogP contribution is 2.26. The number of nitrogens with one attached hydrogen (secondary N) is 2. The normalized spacial score (nSPS) is 11.3. The zero-order chi connectivity index (χ0) is 13.9. The molecular formula is C10H14ClN3O2S2. The van der Waals surface area contributed by atoms with Crippen LogP contribution in [0, 0.1) is 0 Å². The second-order valence-corrected chi connectivity index (χ2v) is 6.33. The van der Waals surface area contributed by atoms with Crippen molar-refractivity contribution in [2.24, 2.45) is 0 Å². The van der Waals surface area contributed by atoms with Crippen LogP contribution in [0.25, 0.3) is 0 Å². The Morgan fingerprint density at radius 2 is 2.06 bits per heavy atom. The van der Waals surface area contributed by atoms with Gasteiger partial charge in [-0.25, -0.2) is 8.42 Å². The van der Waals surface area contributed by atoms with Crippen molar-refractivity contribution in [3.05, 3.63) is 23.2 Å². The SMILES string of the molecule is CC(C)NC(=S)NS(=O)(=O)c1c(N)cccc1Cl. The number of anilines is 1. The van der Waals surface area contributed by atoms with Gasteiger partial charge in [-0.2, -0.15) is 0 Å². The number of rotatable bonds is 3. The molecule has 8 heteroatoms. The molecule has 1 aromatic rings. The van der Waals surface area contributed by atoms with Gasteiger partial charge in [-0.15, -0.1) is 0 Å². The molecule has 1 rings (SSSR count). The molecule has 0 aliphatic carbocycles. The fraction of sp³-hybridized carbons (Fsp3) is 0.300. The number of hydrogen-bond acceptors (Lipinski definition) is 4. The topological polar surface area (TPSA) is 84.2 Å². The predicted octanol–water partition coefficient (Wildman–Crippen LogP) is 1.48. The van der Waals surface area contributed by atoms with Crippen LogP contribution in [0.15, 0.2) is 23.1 Å². The van der Waals surface area contributed by atoms with Crippen molar-refractivity contribution in [1.82, 2.24) is 10.0 Å². The van der Waals surface area contributed by atoms with Gasteiger partial charge >= 0.3 is 0 Å². The van der Waals surface area contributed by atoms with Crippen molar-refractivity contribution in [2.75, 3.05) is 5.73 Å². The third-order valence-electron chi connectivity index (χ3n) is 1.91. The van der Waals surface area contributed by atoms with Crippen molar-refractivity contribution in [3.8, 4) is 0 Å². The average molecular weight is 308 g/mol. The summed E-state index contributed by atoms with van der Waals surface area (Å²) in [6.07, 6.45) is 0. The van der Waals surface area contributed by atoms with Crippen LogP contribution in [0.4, 0.5) is 5.69 Å². The zero-order valence-electron chi connectivity index (χ0n) is 9.90. The maximum atomic E-state index is 12.1. The summed E-state index contributed by atoms with van der Waals surface area (Å²) in [6, 6.07) is 4.50. The van der Waals surface area contributed by atoms with Crippen molar-refractivity contribution < 1.29 is 8.42 Å². The van der Waals surface area contributed by atoms with Gasteiger partial charge in [0.05, 0.1) is 10.7 Å². The van der Waals surface area contributed by atoms with E-state index in [9.17, 15) is 8.42 Å². The number of nitrogens with two attached hydrogens (primary N) is 1. The summed E-state index contributed by atoms with van der Waals surface area (Å²) < 4.78 is 26.3. The van der Waals surface area contributed by atoms with E-state index in [1.807, 2.05) is 13.8 Å². The highest BCUT2D eigenvalue weighted by molar-refractivity contribution is 7.92. The summed E-state index contributed by atoms with van der Waals surface area (Å²) in [5.41, 5.74) is 5.69. The molecule has 0 aromatic heterocycles. The predicted molar refractivity (Wildman–Crippen MR) is 77.1 cm³/mol. The van der Waals surface area contributed by atoms with Crippen LogP contribution < -0.4 is 15.8 Å². The molecule has 18 heavy (non-hydrogen) atoms. The molecule has 0 unspecified atom stereocenters. The van der Waals surface area contributed by atoms with Crippen LogP contribution in [0.1, 0.15) is 13.8 Å². The summed E-state index contributed by atoms with van der Waals surface area (Å²) >= 11 is 10.7. The minimum absolute atomic E-state index is 0.00400. The van der Waals surface area contributed by atoms with Crippen molar-refractivity contribution in [2.45, 2.75) is 24.8 Å². The second kappa shape index (κ2) is 5.73. The number of halogens is 1. The smallest absolute Gasteiger partial charge is 0.267 e. The Hall–Kier alpha value is -1.05. The Balaban J connectivity index is 3.04. The largest absolute Gasteiger partial charge is 0.398 e. The number of benzene rings is 1. The molecule has 0 fully saturated rings. The van der Waals surface area contributed by atoms with E-state index in [-0.39, 0.29) is 26.8 Å². The first-order valence-electron chi connectivity index (χ1n) is 5.11. The summed E-state index contributed by atoms with van der Waals surface area (Å²) in [5, 5.41) is 2.82. The lowest BCUT2D eigenvalue weighted by atomic mass is 10.3. The van der Waals surface area contributed by atoms with Crippen LogP contribution in [-0.4, -0.2) is 19.6 Å². The fourth-order valence-electron chi connectivity index (χ4n) is 1.27. The molecule has 0 radical (unpaired) electrons. The Morgan fingerprint density at radius 1 is 1.44 bits per heavy atom. The Kier molecular flexibility index (Phi) is 4.78. The minimum Gasteiger partial charge on any atom is -0.398 e. The van der Waals surface area contributed by atoms with Crippen LogP contribution in [0.5, 0.6) is 0 Å². The molecule has 5 nitrogen and oxygen atoms in total. The molecule has 0 aliphatic rings. The maximum Gasteiger partial charge on any atom is 0.267 e.